The SMILES string of the molecule is COc1ccc(CCNC(=O)c2ccccc2OC(C)=O)cc1. The molecule has 0 aliphatic carbocycles. The van der Waals surface area contributed by atoms with E-state index in [0.717, 1.165) is 11.3 Å². The molecule has 23 heavy (non-hydrogen) atoms. The van der Waals surface area contributed by atoms with Crippen LogP contribution in [-0.4, -0.2) is 25.5 Å². The van der Waals surface area contributed by atoms with Gasteiger partial charge in [0.2, 0.25) is 0 Å². The highest BCUT2D eigenvalue weighted by molar-refractivity contribution is 5.97. The lowest BCUT2D eigenvalue weighted by molar-refractivity contribution is -0.131. The summed E-state index contributed by atoms with van der Waals surface area (Å²) in [5.41, 5.74) is 1.44. The van der Waals surface area contributed by atoms with Crippen LogP contribution in [0, 0.1) is 0 Å². The van der Waals surface area contributed by atoms with Gasteiger partial charge in [-0.3, -0.25) is 9.59 Å². The second-order valence-electron chi connectivity index (χ2n) is 4.94. The Bertz CT molecular complexity index is 680. The van der Waals surface area contributed by atoms with Crippen molar-refractivity contribution in [1.29, 1.82) is 0 Å². The molecule has 0 fully saturated rings. The van der Waals surface area contributed by atoms with E-state index in [1.54, 1.807) is 31.4 Å². The minimum Gasteiger partial charge on any atom is -0.497 e. The summed E-state index contributed by atoms with van der Waals surface area (Å²) >= 11 is 0. The van der Waals surface area contributed by atoms with Gasteiger partial charge in [-0.25, -0.2) is 0 Å². The Kier molecular flexibility index (Phi) is 5.74. The lowest BCUT2D eigenvalue weighted by atomic mass is 10.1. The van der Waals surface area contributed by atoms with Crippen molar-refractivity contribution in [3.8, 4) is 11.5 Å². The Morgan fingerprint density at radius 2 is 1.74 bits per heavy atom. The van der Waals surface area contributed by atoms with Crippen molar-refractivity contribution < 1.29 is 19.1 Å². The van der Waals surface area contributed by atoms with Gasteiger partial charge in [0, 0.05) is 13.5 Å². The van der Waals surface area contributed by atoms with Gasteiger partial charge >= 0.3 is 5.97 Å². The van der Waals surface area contributed by atoms with Gasteiger partial charge in [-0.15, -0.1) is 0 Å². The number of rotatable bonds is 6. The zero-order chi connectivity index (χ0) is 16.7. The summed E-state index contributed by atoms with van der Waals surface area (Å²) in [6.07, 6.45) is 0.700. The van der Waals surface area contributed by atoms with Crippen molar-refractivity contribution in [2.45, 2.75) is 13.3 Å². The molecule has 2 aromatic carbocycles. The molecule has 120 valence electrons. The number of methoxy groups -OCH3 is 1. The third-order valence-electron chi connectivity index (χ3n) is 3.24. The van der Waals surface area contributed by atoms with E-state index in [-0.39, 0.29) is 11.7 Å². The number of carbonyl (C=O) groups is 2. The maximum Gasteiger partial charge on any atom is 0.308 e. The highest BCUT2D eigenvalue weighted by Gasteiger charge is 2.12. The van der Waals surface area contributed by atoms with E-state index in [1.807, 2.05) is 24.3 Å². The number of ether oxygens (including phenoxy) is 2. The molecule has 0 aromatic heterocycles. The molecule has 0 aliphatic heterocycles. The van der Waals surface area contributed by atoms with Gasteiger partial charge < -0.3 is 14.8 Å². The Labute approximate surface area is 135 Å². The second-order valence-corrected chi connectivity index (χ2v) is 4.94. The fourth-order valence-corrected chi connectivity index (χ4v) is 2.11. The highest BCUT2D eigenvalue weighted by Crippen LogP contribution is 2.18. The number of hydrogen-bond acceptors (Lipinski definition) is 4. The lowest BCUT2D eigenvalue weighted by Crippen LogP contribution is -2.26. The van der Waals surface area contributed by atoms with Crippen LogP contribution in [0.3, 0.4) is 0 Å². The monoisotopic (exact) mass is 313 g/mol. The van der Waals surface area contributed by atoms with Crippen molar-refractivity contribution in [2.24, 2.45) is 0 Å². The van der Waals surface area contributed by atoms with Gasteiger partial charge in [0.05, 0.1) is 12.7 Å². The summed E-state index contributed by atoms with van der Waals surface area (Å²) in [7, 11) is 1.62. The lowest BCUT2D eigenvalue weighted by Gasteiger charge is -2.09. The number of amides is 1. The zero-order valence-electron chi connectivity index (χ0n) is 13.2. The summed E-state index contributed by atoms with van der Waals surface area (Å²) in [6.45, 7) is 1.79. The van der Waals surface area contributed by atoms with Crippen LogP contribution in [0.2, 0.25) is 0 Å². The zero-order valence-corrected chi connectivity index (χ0v) is 13.2. The van der Waals surface area contributed by atoms with Crippen LogP contribution >= 0.6 is 0 Å². The topological polar surface area (TPSA) is 64.6 Å². The molecule has 0 atom stereocenters. The third kappa shape index (κ3) is 4.85. The Morgan fingerprint density at radius 3 is 2.39 bits per heavy atom. The van der Waals surface area contributed by atoms with Crippen LogP contribution in [0.15, 0.2) is 48.5 Å². The van der Waals surface area contributed by atoms with Gasteiger partial charge in [-0.1, -0.05) is 24.3 Å². The molecule has 2 rings (SSSR count). The molecule has 2 aromatic rings. The van der Waals surface area contributed by atoms with Crippen LogP contribution in [0.5, 0.6) is 11.5 Å². The molecule has 0 saturated heterocycles. The van der Waals surface area contributed by atoms with E-state index >= 15 is 0 Å². The Hall–Kier alpha value is -2.82. The van der Waals surface area contributed by atoms with Crippen molar-refractivity contribution in [3.05, 3.63) is 59.7 Å². The summed E-state index contributed by atoms with van der Waals surface area (Å²) < 4.78 is 10.1. The molecule has 0 spiro atoms. The first-order chi connectivity index (χ1) is 11.1. The first-order valence-corrected chi connectivity index (χ1v) is 7.28. The maximum absolute atomic E-state index is 12.2. The maximum atomic E-state index is 12.2. The largest absolute Gasteiger partial charge is 0.497 e. The minimum absolute atomic E-state index is 0.266. The number of esters is 1. The summed E-state index contributed by atoms with van der Waals surface area (Å²) in [4.78, 5) is 23.3. The fraction of sp³-hybridized carbons (Fsp3) is 0.222. The molecule has 1 N–H and O–H groups in total. The van der Waals surface area contributed by atoms with Crippen LogP contribution in [-0.2, 0) is 11.2 Å². The normalized spacial score (nSPS) is 10.0. The average molecular weight is 313 g/mol. The molecule has 0 bridgehead atoms. The predicted molar refractivity (Wildman–Crippen MR) is 86.8 cm³/mol. The smallest absolute Gasteiger partial charge is 0.308 e. The third-order valence-corrected chi connectivity index (χ3v) is 3.24. The molecule has 5 heteroatoms. The van der Waals surface area contributed by atoms with Gasteiger partial charge in [0.15, 0.2) is 0 Å². The minimum atomic E-state index is -0.455. The van der Waals surface area contributed by atoms with Gasteiger partial charge in [0.25, 0.3) is 5.91 Å². The van der Waals surface area contributed by atoms with Crippen LogP contribution in [0.4, 0.5) is 0 Å². The molecule has 0 saturated carbocycles. The Morgan fingerprint density at radius 1 is 1.04 bits per heavy atom. The average Bonchev–Trinajstić information content (AvgIpc) is 2.55. The highest BCUT2D eigenvalue weighted by atomic mass is 16.5. The number of benzene rings is 2. The quantitative estimate of drug-likeness (QED) is 0.657. The van der Waals surface area contributed by atoms with Crippen molar-refractivity contribution in [3.63, 3.8) is 0 Å². The van der Waals surface area contributed by atoms with E-state index in [9.17, 15) is 9.59 Å². The fourth-order valence-electron chi connectivity index (χ4n) is 2.11. The number of para-hydroxylation sites is 1. The van der Waals surface area contributed by atoms with E-state index in [1.165, 1.54) is 6.92 Å². The van der Waals surface area contributed by atoms with Crippen molar-refractivity contribution in [1.82, 2.24) is 5.32 Å². The molecule has 5 nitrogen and oxygen atoms in total. The Balaban J connectivity index is 1.93. The molecular formula is C18H19NO4. The van der Waals surface area contributed by atoms with Gasteiger partial charge in [-0.2, -0.15) is 0 Å². The van der Waals surface area contributed by atoms with Crippen LogP contribution < -0.4 is 14.8 Å². The van der Waals surface area contributed by atoms with E-state index in [2.05, 4.69) is 5.32 Å². The van der Waals surface area contributed by atoms with Crippen molar-refractivity contribution >= 4 is 11.9 Å². The standard InChI is InChI=1S/C18H19NO4/c1-13(20)23-17-6-4-3-5-16(17)18(21)19-12-11-14-7-9-15(22-2)10-8-14/h3-10H,11-12H2,1-2H3,(H,19,21). The van der Waals surface area contributed by atoms with E-state index < -0.39 is 5.97 Å². The first-order valence-electron chi connectivity index (χ1n) is 7.28. The second kappa shape index (κ2) is 7.98. The van der Waals surface area contributed by atoms with Gasteiger partial charge in [0.1, 0.15) is 11.5 Å². The molecule has 0 aliphatic rings. The number of hydrogen-bond donors (Lipinski definition) is 1. The molecule has 0 heterocycles. The van der Waals surface area contributed by atoms with Crippen molar-refractivity contribution in [2.75, 3.05) is 13.7 Å². The van der Waals surface area contributed by atoms with Crippen LogP contribution in [0.25, 0.3) is 0 Å². The summed E-state index contributed by atoms with van der Waals surface area (Å²) in [6, 6.07) is 14.3. The molecular weight excluding hydrogens is 294 g/mol. The molecule has 1 amide bonds. The molecule has 0 radical (unpaired) electrons. The van der Waals surface area contributed by atoms with E-state index in [0.29, 0.717) is 18.5 Å². The molecule has 0 unspecified atom stereocenters. The first kappa shape index (κ1) is 16.5. The van der Waals surface area contributed by atoms with Crippen LogP contribution in [0.1, 0.15) is 22.8 Å². The van der Waals surface area contributed by atoms with Gasteiger partial charge in [-0.05, 0) is 36.2 Å². The van der Waals surface area contributed by atoms with E-state index in [4.69, 9.17) is 9.47 Å². The predicted octanol–water partition coefficient (Wildman–Crippen LogP) is 2.59. The number of nitrogens with one attached hydrogen (secondary N) is 1. The summed E-state index contributed by atoms with van der Waals surface area (Å²) in [5.74, 6) is 0.342. The summed E-state index contributed by atoms with van der Waals surface area (Å²) in [5, 5.41) is 2.83. The number of carbonyl (C=O) groups excluding carboxylic acids is 2.